The van der Waals surface area contributed by atoms with E-state index in [0.717, 1.165) is 11.1 Å². The summed E-state index contributed by atoms with van der Waals surface area (Å²) in [6.07, 6.45) is 1.29. The molecule has 1 aromatic heterocycles. The Labute approximate surface area is 111 Å². The molecule has 0 bridgehead atoms. The van der Waals surface area contributed by atoms with Crippen molar-refractivity contribution in [2.24, 2.45) is 0 Å². The van der Waals surface area contributed by atoms with E-state index in [0.29, 0.717) is 13.2 Å². The summed E-state index contributed by atoms with van der Waals surface area (Å²) < 4.78 is 6.23. The van der Waals surface area contributed by atoms with Crippen molar-refractivity contribution in [2.75, 3.05) is 13.7 Å². The zero-order valence-electron chi connectivity index (χ0n) is 11.0. The quantitative estimate of drug-likeness (QED) is 0.906. The fraction of sp³-hybridized carbons (Fsp3) is 0.286. The first kappa shape index (κ1) is 13.3. The SMILES string of the molecule is COCCn1ncc(O)c(-c2ccccc2C)c1=O. The normalized spacial score (nSPS) is 10.6. The maximum absolute atomic E-state index is 12.3. The van der Waals surface area contributed by atoms with E-state index in [1.807, 2.05) is 31.2 Å². The molecule has 0 saturated heterocycles. The fourth-order valence-corrected chi connectivity index (χ4v) is 1.92. The second-order valence-electron chi connectivity index (χ2n) is 4.24. The van der Waals surface area contributed by atoms with Crippen LogP contribution in [-0.2, 0) is 11.3 Å². The second kappa shape index (κ2) is 5.67. The molecule has 2 rings (SSSR count). The van der Waals surface area contributed by atoms with Crippen LogP contribution in [0.5, 0.6) is 5.75 Å². The molecule has 0 radical (unpaired) electrons. The van der Waals surface area contributed by atoms with Crippen LogP contribution in [0.2, 0.25) is 0 Å². The van der Waals surface area contributed by atoms with Crippen molar-refractivity contribution in [2.45, 2.75) is 13.5 Å². The Hall–Kier alpha value is -2.14. The number of methoxy groups -OCH3 is 1. The first-order valence-corrected chi connectivity index (χ1v) is 5.99. The highest BCUT2D eigenvalue weighted by atomic mass is 16.5. The minimum atomic E-state index is -0.314. The number of ether oxygens (including phenoxy) is 1. The smallest absolute Gasteiger partial charge is 0.278 e. The van der Waals surface area contributed by atoms with Gasteiger partial charge in [0.25, 0.3) is 5.56 Å². The van der Waals surface area contributed by atoms with E-state index >= 15 is 0 Å². The molecule has 100 valence electrons. The van der Waals surface area contributed by atoms with Gasteiger partial charge in [-0.1, -0.05) is 24.3 Å². The number of nitrogens with zero attached hydrogens (tertiary/aromatic N) is 2. The topological polar surface area (TPSA) is 64.3 Å². The molecular formula is C14H16N2O3. The van der Waals surface area contributed by atoms with Crippen molar-refractivity contribution in [1.29, 1.82) is 0 Å². The van der Waals surface area contributed by atoms with E-state index in [-0.39, 0.29) is 16.9 Å². The zero-order chi connectivity index (χ0) is 13.8. The Morgan fingerprint density at radius 1 is 1.37 bits per heavy atom. The van der Waals surface area contributed by atoms with Gasteiger partial charge in [-0.2, -0.15) is 5.10 Å². The van der Waals surface area contributed by atoms with Gasteiger partial charge in [-0.25, -0.2) is 4.68 Å². The lowest BCUT2D eigenvalue weighted by molar-refractivity contribution is 0.181. The predicted molar refractivity (Wildman–Crippen MR) is 72.2 cm³/mol. The second-order valence-corrected chi connectivity index (χ2v) is 4.24. The van der Waals surface area contributed by atoms with Gasteiger partial charge in [0.1, 0.15) is 5.75 Å². The molecule has 5 heteroatoms. The summed E-state index contributed by atoms with van der Waals surface area (Å²) in [7, 11) is 1.56. The third-order valence-electron chi connectivity index (χ3n) is 2.95. The maximum Gasteiger partial charge on any atom is 0.278 e. The standard InChI is InChI=1S/C14H16N2O3/c1-10-5-3-4-6-11(10)13-12(17)9-15-16(14(13)18)7-8-19-2/h3-6,9,17H,7-8H2,1-2H3. The Kier molecular flexibility index (Phi) is 3.97. The molecular weight excluding hydrogens is 244 g/mol. The molecule has 1 aromatic carbocycles. The lowest BCUT2D eigenvalue weighted by Crippen LogP contribution is -2.26. The van der Waals surface area contributed by atoms with Gasteiger partial charge in [0, 0.05) is 7.11 Å². The third-order valence-corrected chi connectivity index (χ3v) is 2.95. The highest BCUT2D eigenvalue weighted by Crippen LogP contribution is 2.26. The highest BCUT2D eigenvalue weighted by Gasteiger charge is 2.14. The van der Waals surface area contributed by atoms with Crippen molar-refractivity contribution in [3.63, 3.8) is 0 Å². The summed E-state index contributed by atoms with van der Waals surface area (Å²) in [4.78, 5) is 12.3. The largest absolute Gasteiger partial charge is 0.505 e. The van der Waals surface area contributed by atoms with Gasteiger partial charge < -0.3 is 9.84 Å². The molecule has 0 fully saturated rings. The summed E-state index contributed by atoms with van der Waals surface area (Å²) in [5.41, 5.74) is 1.62. The summed E-state index contributed by atoms with van der Waals surface area (Å²) in [6, 6.07) is 7.43. The molecule has 1 heterocycles. The Bertz CT molecular complexity index is 635. The van der Waals surface area contributed by atoms with E-state index in [4.69, 9.17) is 4.74 Å². The number of aryl methyl sites for hydroxylation is 1. The number of aromatic nitrogens is 2. The average molecular weight is 260 g/mol. The van der Waals surface area contributed by atoms with Gasteiger partial charge in [0.15, 0.2) is 0 Å². The van der Waals surface area contributed by atoms with Gasteiger partial charge >= 0.3 is 0 Å². The van der Waals surface area contributed by atoms with Gasteiger partial charge in [0.2, 0.25) is 0 Å². The zero-order valence-corrected chi connectivity index (χ0v) is 11.0. The van der Waals surface area contributed by atoms with E-state index < -0.39 is 0 Å². The van der Waals surface area contributed by atoms with Crippen LogP contribution in [0.4, 0.5) is 0 Å². The molecule has 5 nitrogen and oxygen atoms in total. The minimum Gasteiger partial charge on any atom is -0.505 e. The summed E-state index contributed by atoms with van der Waals surface area (Å²) in [6.45, 7) is 2.65. The van der Waals surface area contributed by atoms with Crippen LogP contribution in [0.15, 0.2) is 35.3 Å². The van der Waals surface area contributed by atoms with Crippen LogP contribution in [0.1, 0.15) is 5.56 Å². The Balaban J connectivity index is 2.57. The minimum absolute atomic E-state index is 0.104. The molecule has 2 aromatic rings. The van der Waals surface area contributed by atoms with Crippen molar-refractivity contribution in [3.8, 4) is 16.9 Å². The van der Waals surface area contributed by atoms with Crippen LogP contribution < -0.4 is 5.56 Å². The molecule has 0 aliphatic carbocycles. The van der Waals surface area contributed by atoms with Crippen LogP contribution in [0, 0.1) is 6.92 Å². The van der Waals surface area contributed by atoms with Crippen molar-refractivity contribution in [3.05, 3.63) is 46.4 Å². The molecule has 0 aliphatic rings. The summed E-state index contributed by atoms with van der Waals surface area (Å²) in [5.74, 6) is -0.104. The number of rotatable bonds is 4. The number of hydrogen-bond acceptors (Lipinski definition) is 4. The van der Waals surface area contributed by atoms with Crippen LogP contribution in [0.3, 0.4) is 0 Å². The molecule has 19 heavy (non-hydrogen) atoms. The number of aromatic hydroxyl groups is 1. The monoisotopic (exact) mass is 260 g/mol. The maximum atomic E-state index is 12.3. The van der Waals surface area contributed by atoms with Crippen LogP contribution >= 0.6 is 0 Å². The molecule has 0 spiro atoms. The number of benzene rings is 1. The van der Waals surface area contributed by atoms with Crippen molar-refractivity contribution >= 4 is 0 Å². The fourth-order valence-electron chi connectivity index (χ4n) is 1.92. The van der Waals surface area contributed by atoms with E-state index in [1.165, 1.54) is 10.9 Å². The van der Waals surface area contributed by atoms with E-state index in [2.05, 4.69) is 5.10 Å². The number of hydrogen-bond donors (Lipinski definition) is 1. The molecule has 0 saturated carbocycles. The predicted octanol–water partition coefficient (Wildman–Crippen LogP) is 1.57. The molecule has 0 atom stereocenters. The lowest BCUT2D eigenvalue weighted by atomic mass is 10.0. The molecule has 0 unspecified atom stereocenters. The summed E-state index contributed by atoms with van der Waals surface area (Å²) >= 11 is 0. The third kappa shape index (κ3) is 2.66. The highest BCUT2D eigenvalue weighted by molar-refractivity contribution is 5.71. The van der Waals surface area contributed by atoms with E-state index in [9.17, 15) is 9.90 Å². The van der Waals surface area contributed by atoms with E-state index in [1.54, 1.807) is 7.11 Å². The van der Waals surface area contributed by atoms with Gasteiger partial charge in [-0.05, 0) is 18.1 Å². The van der Waals surface area contributed by atoms with Gasteiger partial charge in [-0.3, -0.25) is 4.79 Å². The lowest BCUT2D eigenvalue weighted by Gasteiger charge is -2.10. The van der Waals surface area contributed by atoms with Crippen LogP contribution in [-0.4, -0.2) is 28.6 Å². The first-order chi connectivity index (χ1) is 9.15. The summed E-state index contributed by atoms with van der Waals surface area (Å²) in [5, 5.41) is 13.8. The molecule has 0 aliphatic heterocycles. The Morgan fingerprint density at radius 3 is 2.79 bits per heavy atom. The van der Waals surface area contributed by atoms with Gasteiger partial charge in [-0.15, -0.1) is 0 Å². The molecule has 0 amide bonds. The van der Waals surface area contributed by atoms with Gasteiger partial charge in [0.05, 0.1) is 24.9 Å². The van der Waals surface area contributed by atoms with Crippen LogP contribution in [0.25, 0.3) is 11.1 Å². The average Bonchev–Trinajstić information content (AvgIpc) is 2.40. The first-order valence-electron chi connectivity index (χ1n) is 5.99. The van der Waals surface area contributed by atoms with Crippen molar-refractivity contribution in [1.82, 2.24) is 9.78 Å². The molecule has 1 N–H and O–H groups in total. The Morgan fingerprint density at radius 2 is 2.11 bits per heavy atom. The van der Waals surface area contributed by atoms with Crippen molar-refractivity contribution < 1.29 is 9.84 Å².